The molecule has 2 aliphatic rings. The van der Waals surface area contributed by atoms with Crippen molar-refractivity contribution in [1.29, 1.82) is 5.26 Å². The number of aromatic nitrogens is 1. The largest absolute Gasteiger partial charge is 0.371 e. The molecule has 1 aliphatic carbocycles. The van der Waals surface area contributed by atoms with E-state index in [0.717, 1.165) is 55.6 Å². The van der Waals surface area contributed by atoms with E-state index in [-0.39, 0.29) is 23.9 Å². The third-order valence-corrected chi connectivity index (χ3v) is 7.78. The van der Waals surface area contributed by atoms with Crippen molar-refractivity contribution in [2.45, 2.75) is 37.8 Å². The summed E-state index contributed by atoms with van der Waals surface area (Å²) in [6.07, 6.45) is 4.99. The first-order chi connectivity index (χ1) is 17.9. The van der Waals surface area contributed by atoms with Gasteiger partial charge in [-0.1, -0.05) is 29.8 Å². The fourth-order valence-electron chi connectivity index (χ4n) is 5.32. The van der Waals surface area contributed by atoms with Gasteiger partial charge in [0.15, 0.2) is 0 Å². The van der Waals surface area contributed by atoms with Gasteiger partial charge in [-0.25, -0.2) is 4.98 Å². The van der Waals surface area contributed by atoms with Gasteiger partial charge in [0, 0.05) is 43.6 Å². The highest BCUT2D eigenvalue weighted by atomic mass is 35.5. The van der Waals surface area contributed by atoms with Crippen LogP contribution in [0.2, 0.25) is 5.02 Å². The lowest BCUT2D eigenvalue weighted by molar-refractivity contribution is 0.0709. The minimum absolute atomic E-state index is 0.0139. The summed E-state index contributed by atoms with van der Waals surface area (Å²) < 4.78 is 0. The molecule has 7 nitrogen and oxygen atoms in total. The number of piperidine rings is 1. The lowest BCUT2D eigenvalue weighted by Gasteiger charge is -2.38. The fraction of sp³-hybridized carbons (Fsp3) is 0.310. The molecule has 5 rings (SSSR count). The number of anilines is 1. The Morgan fingerprint density at radius 2 is 1.89 bits per heavy atom. The van der Waals surface area contributed by atoms with Crippen molar-refractivity contribution in [1.82, 2.24) is 15.2 Å². The molecule has 0 bridgehead atoms. The van der Waals surface area contributed by atoms with Gasteiger partial charge < -0.3 is 15.1 Å². The van der Waals surface area contributed by atoms with Gasteiger partial charge in [-0.2, -0.15) is 5.26 Å². The molecule has 37 heavy (non-hydrogen) atoms. The Morgan fingerprint density at radius 1 is 1.11 bits per heavy atom. The van der Waals surface area contributed by atoms with Gasteiger partial charge in [-0.05, 0) is 73.2 Å². The van der Waals surface area contributed by atoms with Crippen LogP contribution in [-0.4, -0.2) is 47.9 Å². The van der Waals surface area contributed by atoms with E-state index >= 15 is 0 Å². The molecule has 2 amide bonds. The highest BCUT2D eigenvalue weighted by Crippen LogP contribution is 2.33. The summed E-state index contributed by atoms with van der Waals surface area (Å²) >= 11 is 6.21. The summed E-state index contributed by atoms with van der Waals surface area (Å²) in [6.45, 7) is 1.61. The molecule has 1 atom stereocenters. The molecule has 0 saturated carbocycles. The number of halogens is 1. The zero-order valence-corrected chi connectivity index (χ0v) is 21.4. The maximum absolute atomic E-state index is 13.4. The van der Waals surface area contributed by atoms with Crippen LogP contribution >= 0.6 is 11.6 Å². The Hall–Kier alpha value is -3.89. The topological polar surface area (TPSA) is 89.3 Å². The number of hydrogen-bond donors (Lipinski definition) is 1. The minimum Gasteiger partial charge on any atom is -0.371 e. The minimum atomic E-state index is -0.208. The van der Waals surface area contributed by atoms with Crippen molar-refractivity contribution < 1.29 is 9.59 Å². The van der Waals surface area contributed by atoms with E-state index in [9.17, 15) is 9.59 Å². The van der Waals surface area contributed by atoms with E-state index in [1.165, 1.54) is 0 Å². The van der Waals surface area contributed by atoms with Crippen LogP contribution in [0.4, 0.5) is 5.69 Å². The van der Waals surface area contributed by atoms with Gasteiger partial charge in [0.05, 0.1) is 16.6 Å². The first-order valence-electron chi connectivity index (χ1n) is 12.5. The number of aryl methyl sites for hydroxylation is 1. The van der Waals surface area contributed by atoms with E-state index in [4.69, 9.17) is 16.9 Å². The number of benzene rings is 2. The second kappa shape index (κ2) is 10.6. The van der Waals surface area contributed by atoms with Crippen molar-refractivity contribution in [2.24, 2.45) is 0 Å². The van der Waals surface area contributed by atoms with Crippen molar-refractivity contribution in [3.8, 4) is 6.07 Å². The van der Waals surface area contributed by atoms with Gasteiger partial charge in [-0.15, -0.1) is 0 Å². The third kappa shape index (κ3) is 5.16. The van der Waals surface area contributed by atoms with E-state index in [1.807, 2.05) is 36.2 Å². The van der Waals surface area contributed by atoms with Crippen LogP contribution in [0, 0.1) is 11.3 Å². The first-order valence-corrected chi connectivity index (χ1v) is 12.9. The van der Waals surface area contributed by atoms with E-state index in [2.05, 4.69) is 21.3 Å². The number of rotatable bonds is 5. The number of nitrogens with one attached hydrogen (secondary N) is 1. The molecule has 1 fully saturated rings. The smallest absolute Gasteiger partial charge is 0.253 e. The van der Waals surface area contributed by atoms with Crippen LogP contribution in [0.1, 0.15) is 62.8 Å². The van der Waals surface area contributed by atoms with Gasteiger partial charge >= 0.3 is 0 Å². The molecule has 1 N–H and O–H groups in total. The van der Waals surface area contributed by atoms with Crippen molar-refractivity contribution in [3.63, 3.8) is 0 Å². The molecule has 0 spiro atoms. The summed E-state index contributed by atoms with van der Waals surface area (Å²) in [5.74, 6) is -0.222. The molecule has 3 aromatic rings. The van der Waals surface area contributed by atoms with Gasteiger partial charge in [-0.3, -0.25) is 9.59 Å². The third-order valence-electron chi connectivity index (χ3n) is 7.45. The highest BCUT2D eigenvalue weighted by molar-refractivity contribution is 6.33. The lowest BCUT2D eigenvalue weighted by atomic mass is 10.00. The van der Waals surface area contributed by atoms with Crippen LogP contribution in [0.25, 0.3) is 0 Å². The van der Waals surface area contributed by atoms with Gasteiger partial charge in [0.2, 0.25) is 0 Å². The molecule has 0 radical (unpaired) electrons. The molecular formula is C29H28ClN5O2. The van der Waals surface area contributed by atoms with Crippen LogP contribution < -0.4 is 10.2 Å². The average Bonchev–Trinajstić information content (AvgIpc) is 3.34. The summed E-state index contributed by atoms with van der Waals surface area (Å²) in [5.41, 5.74) is 4.64. The maximum atomic E-state index is 13.4. The van der Waals surface area contributed by atoms with Crippen LogP contribution in [0.15, 0.2) is 60.8 Å². The Balaban J connectivity index is 1.24. The lowest BCUT2D eigenvalue weighted by Crippen LogP contribution is -2.45. The van der Waals surface area contributed by atoms with Gasteiger partial charge in [0.25, 0.3) is 11.8 Å². The molecule has 1 aromatic heterocycles. The summed E-state index contributed by atoms with van der Waals surface area (Å²) in [6, 6.07) is 18.6. The predicted molar refractivity (Wildman–Crippen MR) is 143 cm³/mol. The summed E-state index contributed by atoms with van der Waals surface area (Å²) in [5, 5.41) is 12.6. The molecule has 8 heteroatoms. The fourth-order valence-corrected chi connectivity index (χ4v) is 5.55. The van der Waals surface area contributed by atoms with E-state index < -0.39 is 0 Å². The normalized spacial score (nSPS) is 17.1. The second-order valence-corrected chi connectivity index (χ2v) is 10.0. The molecule has 2 aromatic carbocycles. The summed E-state index contributed by atoms with van der Waals surface area (Å²) in [4.78, 5) is 34.4. The van der Waals surface area contributed by atoms with E-state index in [1.54, 1.807) is 36.5 Å². The molecule has 188 valence electrons. The maximum Gasteiger partial charge on any atom is 0.253 e. The van der Waals surface area contributed by atoms with Crippen LogP contribution in [0.3, 0.4) is 0 Å². The molecule has 1 saturated heterocycles. The number of pyridine rings is 1. The Labute approximate surface area is 221 Å². The number of nitriles is 1. The van der Waals surface area contributed by atoms with Crippen molar-refractivity contribution in [2.75, 3.05) is 25.0 Å². The molecule has 0 unspecified atom stereocenters. The molecular weight excluding hydrogens is 486 g/mol. The van der Waals surface area contributed by atoms with Crippen LogP contribution in [0.5, 0.6) is 0 Å². The standard InChI is InChI=1S/C29H28ClN5O2/c1-34(22-11-14-35(15-12-22)23-10-13-32-21(17-23)18-31)29(37)20-7-6-19-8-9-27(25(19)16-20)33-28(36)24-4-2-3-5-26(24)30/h2-7,10,13,16-17,22,27H,8-9,11-12,14-15H2,1H3,(H,33,36)/t27-/m1/s1. The number of nitrogens with zero attached hydrogens (tertiary/aromatic N) is 4. The van der Waals surface area contributed by atoms with Gasteiger partial charge in [0.1, 0.15) is 11.8 Å². The number of carbonyl (C=O) groups is 2. The monoisotopic (exact) mass is 513 g/mol. The number of fused-ring (bicyclic) bond motifs is 1. The second-order valence-electron chi connectivity index (χ2n) is 9.60. The number of hydrogen-bond acceptors (Lipinski definition) is 5. The SMILES string of the molecule is CN(C(=O)c1ccc2c(c1)[C@H](NC(=O)c1ccccc1Cl)CC2)C1CCN(c2ccnc(C#N)c2)CC1. The highest BCUT2D eigenvalue weighted by Gasteiger charge is 2.29. The quantitative estimate of drug-likeness (QED) is 0.531. The van der Waals surface area contributed by atoms with E-state index in [0.29, 0.717) is 21.8 Å². The zero-order valence-electron chi connectivity index (χ0n) is 20.7. The number of amides is 2. The first kappa shape index (κ1) is 24.8. The average molecular weight is 514 g/mol. The Kier molecular flexibility index (Phi) is 7.11. The Morgan fingerprint density at radius 3 is 2.65 bits per heavy atom. The number of carbonyl (C=O) groups excluding carboxylic acids is 2. The van der Waals surface area contributed by atoms with Crippen LogP contribution in [-0.2, 0) is 6.42 Å². The molecule has 2 heterocycles. The molecule has 1 aliphatic heterocycles. The zero-order chi connectivity index (χ0) is 25.9. The van der Waals surface area contributed by atoms with Crippen molar-refractivity contribution in [3.05, 3.63) is 93.8 Å². The predicted octanol–water partition coefficient (Wildman–Crippen LogP) is 4.76. The Bertz CT molecular complexity index is 1380. The summed E-state index contributed by atoms with van der Waals surface area (Å²) in [7, 11) is 1.87. The van der Waals surface area contributed by atoms with Crippen molar-refractivity contribution >= 4 is 29.1 Å².